The van der Waals surface area contributed by atoms with Crippen LogP contribution in [-0.4, -0.2) is 36.6 Å². The first-order valence-electron chi connectivity index (χ1n) is 12.0. The molecule has 1 heterocycles. The van der Waals surface area contributed by atoms with E-state index in [0.717, 1.165) is 17.5 Å². The van der Waals surface area contributed by atoms with E-state index in [-0.39, 0.29) is 23.2 Å². The summed E-state index contributed by atoms with van der Waals surface area (Å²) < 4.78 is 11.1. The fourth-order valence-electron chi connectivity index (χ4n) is 3.81. The van der Waals surface area contributed by atoms with Gasteiger partial charge in [-0.25, -0.2) is 0 Å². The average molecular weight is 530 g/mol. The van der Waals surface area contributed by atoms with Gasteiger partial charge >= 0.3 is 0 Å². The summed E-state index contributed by atoms with van der Waals surface area (Å²) in [6.07, 6.45) is 2.32. The summed E-state index contributed by atoms with van der Waals surface area (Å²) in [5.74, 6) is -0.765. The number of anilines is 2. The van der Waals surface area contributed by atoms with Gasteiger partial charge in [0.2, 0.25) is 0 Å². The van der Waals surface area contributed by atoms with Crippen molar-refractivity contribution in [2.45, 2.75) is 20.3 Å². The molecule has 0 atom stereocenters. The second-order valence-electron chi connectivity index (χ2n) is 8.59. The van der Waals surface area contributed by atoms with Crippen molar-refractivity contribution >= 4 is 52.5 Å². The zero-order valence-corrected chi connectivity index (χ0v) is 22.1. The molecule has 4 rings (SSSR count). The van der Waals surface area contributed by atoms with Gasteiger partial charge in [0.1, 0.15) is 5.57 Å². The van der Waals surface area contributed by atoms with Crippen LogP contribution in [0.25, 0.3) is 6.08 Å². The largest absolute Gasteiger partial charge is 0.493 e. The molecule has 0 radical (unpaired) electrons. The van der Waals surface area contributed by atoms with Crippen molar-refractivity contribution in [2.24, 2.45) is 0 Å². The molecule has 0 bridgehead atoms. The van der Waals surface area contributed by atoms with Crippen LogP contribution in [0.4, 0.5) is 11.4 Å². The van der Waals surface area contributed by atoms with Gasteiger partial charge in [-0.1, -0.05) is 42.8 Å². The number of amides is 3. The van der Waals surface area contributed by atoms with Crippen LogP contribution in [0.1, 0.15) is 23.6 Å². The summed E-state index contributed by atoms with van der Waals surface area (Å²) in [4.78, 5) is 39.5. The fraction of sp³-hybridized carbons (Fsp3) is 0.172. The predicted octanol–water partition coefficient (Wildman–Crippen LogP) is 4.41. The molecule has 0 saturated carbocycles. The highest BCUT2D eigenvalue weighted by Gasteiger charge is 2.34. The topological polar surface area (TPSA) is 97.0 Å². The van der Waals surface area contributed by atoms with Gasteiger partial charge in [-0.3, -0.25) is 24.6 Å². The lowest BCUT2D eigenvalue weighted by Gasteiger charge is -2.29. The minimum absolute atomic E-state index is 0.0200. The third kappa shape index (κ3) is 6.07. The average Bonchev–Trinajstić information content (AvgIpc) is 2.91. The van der Waals surface area contributed by atoms with Crippen LogP contribution in [0.15, 0.2) is 72.3 Å². The Morgan fingerprint density at radius 1 is 1.03 bits per heavy atom. The maximum atomic E-state index is 13.3. The van der Waals surface area contributed by atoms with E-state index in [1.54, 1.807) is 30.3 Å². The first-order valence-corrected chi connectivity index (χ1v) is 12.4. The second kappa shape index (κ2) is 11.7. The number of benzene rings is 3. The number of nitrogens with zero attached hydrogens (tertiary/aromatic N) is 1. The third-order valence-electron chi connectivity index (χ3n) is 5.90. The molecule has 2 N–H and O–H groups in total. The number of carbonyl (C=O) groups excluding carboxylic acids is 3. The fourth-order valence-corrected chi connectivity index (χ4v) is 4.09. The number of hydrogen-bond acceptors (Lipinski definition) is 6. The van der Waals surface area contributed by atoms with Crippen molar-refractivity contribution in [3.05, 3.63) is 89.0 Å². The SMILES string of the molecule is CCc1ccc(N2C(=O)/C(=C/c3ccc(OCC(=O)Nc4ccc(C)cc4)c(OC)c3)C(=O)NC2=S)cc1. The lowest BCUT2D eigenvalue weighted by molar-refractivity contribution is -0.122. The van der Waals surface area contributed by atoms with Crippen molar-refractivity contribution in [1.82, 2.24) is 5.32 Å². The Morgan fingerprint density at radius 3 is 2.39 bits per heavy atom. The molecule has 3 aromatic rings. The molecule has 194 valence electrons. The zero-order chi connectivity index (χ0) is 27.2. The molecule has 3 aromatic carbocycles. The first-order chi connectivity index (χ1) is 18.3. The smallest absolute Gasteiger partial charge is 0.270 e. The number of nitrogens with one attached hydrogen (secondary N) is 2. The van der Waals surface area contributed by atoms with Crippen molar-refractivity contribution in [2.75, 3.05) is 23.9 Å². The van der Waals surface area contributed by atoms with Gasteiger partial charge in [-0.15, -0.1) is 0 Å². The maximum Gasteiger partial charge on any atom is 0.270 e. The predicted molar refractivity (Wildman–Crippen MR) is 150 cm³/mol. The molecule has 1 fully saturated rings. The van der Waals surface area contributed by atoms with Crippen LogP contribution in [-0.2, 0) is 20.8 Å². The summed E-state index contributed by atoms with van der Waals surface area (Å²) in [6, 6.07) is 19.7. The number of thiocarbonyl (C=S) groups is 1. The number of carbonyl (C=O) groups is 3. The summed E-state index contributed by atoms with van der Waals surface area (Å²) in [6.45, 7) is 3.78. The van der Waals surface area contributed by atoms with Gasteiger partial charge in [0.25, 0.3) is 17.7 Å². The Labute approximate surface area is 226 Å². The van der Waals surface area contributed by atoms with E-state index in [1.807, 2.05) is 50.2 Å². The quantitative estimate of drug-likeness (QED) is 0.255. The molecule has 1 aliphatic rings. The molecule has 8 nitrogen and oxygen atoms in total. The number of ether oxygens (including phenoxy) is 2. The summed E-state index contributed by atoms with van der Waals surface area (Å²) in [5, 5.41) is 5.37. The highest BCUT2D eigenvalue weighted by Crippen LogP contribution is 2.30. The van der Waals surface area contributed by atoms with Crippen LogP contribution >= 0.6 is 12.2 Å². The lowest BCUT2D eigenvalue weighted by atomic mass is 10.1. The molecule has 0 aliphatic carbocycles. The molecule has 0 unspecified atom stereocenters. The minimum Gasteiger partial charge on any atom is -0.493 e. The van der Waals surface area contributed by atoms with Crippen LogP contribution in [0.3, 0.4) is 0 Å². The van der Waals surface area contributed by atoms with Crippen LogP contribution < -0.4 is 25.0 Å². The standard InChI is InChI=1S/C29H27N3O5S/c1-4-19-7-12-22(13-8-19)32-28(35)23(27(34)31-29(32)38)15-20-9-14-24(25(16-20)36-3)37-17-26(33)30-21-10-5-18(2)6-11-21/h5-16H,4,17H2,1-3H3,(H,30,33)(H,31,34,38)/b23-15+. The van der Waals surface area contributed by atoms with E-state index in [1.165, 1.54) is 18.1 Å². The molecule has 1 aliphatic heterocycles. The van der Waals surface area contributed by atoms with Gasteiger partial charge in [0.05, 0.1) is 12.8 Å². The third-order valence-corrected chi connectivity index (χ3v) is 6.18. The van der Waals surface area contributed by atoms with Crippen LogP contribution in [0.2, 0.25) is 0 Å². The molecular formula is C29H27N3O5S. The van der Waals surface area contributed by atoms with E-state index in [4.69, 9.17) is 21.7 Å². The minimum atomic E-state index is -0.589. The number of hydrogen-bond donors (Lipinski definition) is 2. The van der Waals surface area contributed by atoms with E-state index in [0.29, 0.717) is 28.4 Å². The van der Waals surface area contributed by atoms with Crippen LogP contribution in [0.5, 0.6) is 11.5 Å². The molecular weight excluding hydrogens is 502 g/mol. The molecule has 3 amide bonds. The molecule has 0 aromatic heterocycles. The van der Waals surface area contributed by atoms with E-state index in [9.17, 15) is 14.4 Å². The first kappa shape index (κ1) is 26.6. The Hall–Kier alpha value is -4.50. The van der Waals surface area contributed by atoms with E-state index in [2.05, 4.69) is 10.6 Å². The zero-order valence-electron chi connectivity index (χ0n) is 21.2. The Balaban J connectivity index is 1.50. The van der Waals surface area contributed by atoms with Gasteiger partial charge in [-0.2, -0.15) is 0 Å². The lowest BCUT2D eigenvalue weighted by Crippen LogP contribution is -2.54. The van der Waals surface area contributed by atoms with E-state index < -0.39 is 11.8 Å². The number of rotatable bonds is 8. The van der Waals surface area contributed by atoms with Crippen molar-refractivity contribution in [1.29, 1.82) is 0 Å². The normalized spacial score (nSPS) is 14.3. The molecule has 0 spiro atoms. The maximum absolute atomic E-state index is 13.3. The highest BCUT2D eigenvalue weighted by molar-refractivity contribution is 7.80. The Bertz CT molecular complexity index is 1420. The molecule has 9 heteroatoms. The summed E-state index contributed by atoms with van der Waals surface area (Å²) in [5.41, 5.74) is 3.90. The van der Waals surface area contributed by atoms with Crippen molar-refractivity contribution in [3.8, 4) is 11.5 Å². The molecule has 1 saturated heterocycles. The number of methoxy groups -OCH3 is 1. The highest BCUT2D eigenvalue weighted by atomic mass is 32.1. The Kier molecular flexibility index (Phi) is 8.18. The summed E-state index contributed by atoms with van der Waals surface area (Å²) in [7, 11) is 1.46. The number of aryl methyl sites for hydroxylation is 2. The van der Waals surface area contributed by atoms with Crippen molar-refractivity contribution in [3.63, 3.8) is 0 Å². The second-order valence-corrected chi connectivity index (χ2v) is 8.98. The molecule has 38 heavy (non-hydrogen) atoms. The monoisotopic (exact) mass is 529 g/mol. The van der Waals surface area contributed by atoms with Gasteiger partial charge in [-0.05, 0) is 79.2 Å². The summed E-state index contributed by atoms with van der Waals surface area (Å²) >= 11 is 5.27. The van der Waals surface area contributed by atoms with Gasteiger partial charge in [0.15, 0.2) is 23.2 Å². The van der Waals surface area contributed by atoms with E-state index >= 15 is 0 Å². The van der Waals surface area contributed by atoms with Gasteiger partial charge < -0.3 is 14.8 Å². The van der Waals surface area contributed by atoms with Gasteiger partial charge in [0, 0.05) is 5.69 Å². The van der Waals surface area contributed by atoms with Crippen LogP contribution in [0, 0.1) is 6.92 Å². The Morgan fingerprint density at radius 2 is 1.74 bits per heavy atom. The van der Waals surface area contributed by atoms with Crippen molar-refractivity contribution < 1.29 is 23.9 Å².